The van der Waals surface area contributed by atoms with Crippen molar-refractivity contribution in [2.24, 2.45) is 0 Å². The molecule has 0 bridgehead atoms. The molecule has 0 saturated carbocycles. The molecular formula is C22H23FN4O2. The molecule has 0 spiro atoms. The summed E-state index contributed by atoms with van der Waals surface area (Å²) in [5, 5.41) is 7.58. The fourth-order valence-electron chi connectivity index (χ4n) is 3.41. The van der Waals surface area contributed by atoms with Crippen molar-refractivity contribution >= 4 is 5.91 Å². The quantitative estimate of drug-likeness (QED) is 0.697. The highest BCUT2D eigenvalue weighted by Gasteiger charge is 2.24. The third-order valence-electron chi connectivity index (χ3n) is 4.99. The molecular weight excluding hydrogens is 371 g/mol. The van der Waals surface area contributed by atoms with Crippen LogP contribution in [0.2, 0.25) is 0 Å². The normalized spacial score (nSPS) is 15.6. The number of amides is 1. The number of fused-ring (bicyclic) bond motifs is 1. The zero-order valence-corrected chi connectivity index (χ0v) is 16.3. The summed E-state index contributed by atoms with van der Waals surface area (Å²) in [7, 11) is 0. The first-order valence-electron chi connectivity index (χ1n) is 9.82. The number of rotatable bonds is 6. The van der Waals surface area contributed by atoms with Gasteiger partial charge in [0.15, 0.2) is 5.82 Å². The molecule has 0 fully saturated rings. The summed E-state index contributed by atoms with van der Waals surface area (Å²) < 4.78 is 20.8. The van der Waals surface area contributed by atoms with Gasteiger partial charge in [-0.1, -0.05) is 31.2 Å². The van der Waals surface area contributed by atoms with Crippen LogP contribution in [0.1, 0.15) is 40.9 Å². The van der Waals surface area contributed by atoms with E-state index in [0.29, 0.717) is 17.9 Å². The van der Waals surface area contributed by atoms with Crippen molar-refractivity contribution in [2.75, 3.05) is 0 Å². The SMILES string of the molecule is CCc1nc2n(n1)CC(NC(=O)c1ccccc1OCc1ccc(F)cc1)CC2. The Hall–Kier alpha value is -3.22. The molecule has 4 rings (SSSR count). The van der Waals surface area contributed by atoms with E-state index in [2.05, 4.69) is 15.4 Å². The van der Waals surface area contributed by atoms with Gasteiger partial charge in [-0.25, -0.2) is 14.1 Å². The minimum atomic E-state index is -0.289. The van der Waals surface area contributed by atoms with Crippen LogP contribution in [-0.4, -0.2) is 26.7 Å². The van der Waals surface area contributed by atoms with E-state index in [-0.39, 0.29) is 24.4 Å². The molecule has 1 aliphatic heterocycles. The van der Waals surface area contributed by atoms with Gasteiger partial charge in [0.2, 0.25) is 0 Å². The smallest absolute Gasteiger partial charge is 0.255 e. The van der Waals surface area contributed by atoms with Gasteiger partial charge >= 0.3 is 0 Å². The number of hydrogen-bond donors (Lipinski definition) is 1. The zero-order valence-electron chi connectivity index (χ0n) is 16.3. The standard InChI is InChI=1S/C22H23FN4O2/c1-2-20-25-21-12-11-17(13-27(21)26-20)24-22(28)18-5-3-4-6-19(18)29-14-15-7-9-16(23)10-8-15/h3-10,17H,2,11-14H2,1H3,(H,24,28). The Balaban J connectivity index is 1.41. The summed E-state index contributed by atoms with van der Waals surface area (Å²) in [6, 6.07) is 13.3. The first-order chi connectivity index (χ1) is 14.1. The molecule has 0 saturated heterocycles. The molecule has 1 aliphatic rings. The van der Waals surface area contributed by atoms with Gasteiger partial charge < -0.3 is 10.1 Å². The molecule has 1 aromatic heterocycles. The number of para-hydroxylation sites is 1. The number of halogens is 1. The molecule has 0 radical (unpaired) electrons. The largest absolute Gasteiger partial charge is 0.488 e. The monoisotopic (exact) mass is 394 g/mol. The van der Waals surface area contributed by atoms with Gasteiger partial charge in [0, 0.05) is 18.9 Å². The summed E-state index contributed by atoms with van der Waals surface area (Å²) in [5.41, 5.74) is 1.31. The number of aryl methyl sites for hydroxylation is 2. The van der Waals surface area contributed by atoms with Crippen LogP contribution in [0.3, 0.4) is 0 Å². The average Bonchev–Trinajstić information content (AvgIpc) is 3.16. The predicted octanol–water partition coefficient (Wildman–Crippen LogP) is 3.30. The summed E-state index contributed by atoms with van der Waals surface area (Å²) in [6.07, 6.45) is 2.42. The maximum Gasteiger partial charge on any atom is 0.255 e. The van der Waals surface area contributed by atoms with E-state index < -0.39 is 0 Å². The van der Waals surface area contributed by atoms with Gasteiger partial charge in [-0.15, -0.1) is 0 Å². The third kappa shape index (κ3) is 4.45. The van der Waals surface area contributed by atoms with Gasteiger partial charge in [-0.05, 0) is 36.2 Å². The summed E-state index contributed by atoms with van der Waals surface area (Å²) in [5.74, 6) is 1.85. The van der Waals surface area contributed by atoms with Gasteiger partial charge in [-0.3, -0.25) is 4.79 Å². The van der Waals surface area contributed by atoms with Crippen molar-refractivity contribution < 1.29 is 13.9 Å². The first-order valence-corrected chi connectivity index (χ1v) is 9.82. The van der Waals surface area contributed by atoms with Crippen LogP contribution < -0.4 is 10.1 Å². The Labute approximate surface area is 168 Å². The van der Waals surface area contributed by atoms with Crippen LogP contribution in [0.5, 0.6) is 5.75 Å². The number of nitrogens with one attached hydrogen (secondary N) is 1. The maximum atomic E-state index is 13.1. The van der Waals surface area contributed by atoms with Crippen molar-refractivity contribution in [1.29, 1.82) is 0 Å². The maximum absolute atomic E-state index is 13.1. The van der Waals surface area contributed by atoms with Crippen LogP contribution in [0.15, 0.2) is 48.5 Å². The van der Waals surface area contributed by atoms with Crippen molar-refractivity contribution in [2.45, 2.75) is 45.4 Å². The summed E-state index contributed by atoms with van der Waals surface area (Å²) in [6.45, 7) is 2.91. The lowest BCUT2D eigenvalue weighted by Crippen LogP contribution is -2.41. The molecule has 1 amide bonds. The van der Waals surface area contributed by atoms with Crippen LogP contribution in [0.4, 0.5) is 4.39 Å². The number of ether oxygens (including phenoxy) is 1. The number of carbonyl (C=O) groups is 1. The van der Waals surface area contributed by atoms with Crippen molar-refractivity contribution in [1.82, 2.24) is 20.1 Å². The fraction of sp³-hybridized carbons (Fsp3) is 0.318. The number of hydrogen-bond acceptors (Lipinski definition) is 4. The lowest BCUT2D eigenvalue weighted by atomic mass is 10.1. The van der Waals surface area contributed by atoms with E-state index in [1.165, 1.54) is 12.1 Å². The Morgan fingerprint density at radius 2 is 2.03 bits per heavy atom. The highest BCUT2D eigenvalue weighted by molar-refractivity contribution is 5.97. The molecule has 1 atom stereocenters. The second kappa shape index (κ2) is 8.43. The fourth-order valence-corrected chi connectivity index (χ4v) is 3.41. The predicted molar refractivity (Wildman–Crippen MR) is 106 cm³/mol. The second-order valence-corrected chi connectivity index (χ2v) is 7.10. The lowest BCUT2D eigenvalue weighted by molar-refractivity contribution is 0.0921. The van der Waals surface area contributed by atoms with Crippen molar-refractivity contribution in [3.63, 3.8) is 0 Å². The first kappa shape index (κ1) is 19.1. The van der Waals surface area contributed by atoms with Gasteiger partial charge in [0.1, 0.15) is 24.0 Å². The number of nitrogens with zero attached hydrogens (tertiary/aromatic N) is 3. The Morgan fingerprint density at radius 1 is 1.24 bits per heavy atom. The molecule has 2 heterocycles. The molecule has 29 heavy (non-hydrogen) atoms. The van der Waals surface area contributed by atoms with Crippen LogP contribution in [-0.2, 0) is 26.0 Å². The highest BCUT2D eigenvalue weighted by Crippen LogP contribution is 2.21. The van der Waals surface area contributed by atoms with E-state index in [9.17, 15) is 9.18 Å². The molecule has 0 aliphatic carbocycles. The Morgan fingerprint density at radius 3 is 2.83 bits per heavy atom. The number of benzene rings is 2. The molecule has 150 valence electrons. The van der Waals surface area contributed by atoms with Crippen molar-refractivity contribution in [3.8, 4) is 5.75 Å². The Kier molecular flexibility index (Phi) is 5.55. The van der Waals surface area contributed by atoms with Gasteiger partial charge in [-0.2, -0.15) is 5.10 Å². The molecule has 1 N–H and O–H groups in total. The molecule has 2 aromatic carbocycles. The van der Waals surface area contributed by atoms with Gasteiger partial charge in [0.05, 0.1) is 12.1 Å². The molecule has 3 aromatic rings. The van der Waals surface area contributed by atoms with E-state index >= 15 is 0 Å². The second-order valence-electron chi connectivity index (χ2n) is 7.10. The number of carbonyl (C=O) groups excluding carboxylic acids is 1. The summed E-state index contributed by atoms with van der Waals surface area (Å²) >= 11 is 0. The van der Waals surface area contributed by atoms with Gasteiger partial charge in [0.25, 0.3) is 5.91 Å². The number of aromatic nitrogens is 3. The topological polar surface area (TPSA) is 69.0 Å². The highest BCUT2D eigenvalue weighted by atomic mass is 19.1. The zero-order chi connectivity index (χ0) is 20.2. The molecule has 7 heteroatoms. The third-order valence-corrected chi connectivity index (χ3v) is 4.99. The Bertz CT molecular complexity index is 1000. The van der Waals surface area contributed by atoms with E-state index in [0.717, 1.165) is 36.5 Å². The van der Waals surface area contributed by atoms with Crippen LogP contribution in [0, 0.1) is 5.82 Å². The molecule has 6 nitrogen and oxygen atoms in total. The van der Waals surface area contributed by atoms with Crippen LogP contribution in [0.25, 0.3) is 0 Å². The minimum absolute atomic E-state index is 0.00781. The average molecular weight is 394 g/mol. The summed E-state index contributed by atoms with van der Waals surface area (Å²) in [4.78, 5) is 17.4. The van der Waals surface area contributed by atoms with E-state index in [4.69, 9.17) is 4.74 Å². The van der Waals surface area contributed by atoms with E-state index in [1.54, 1.807) is 24.3 Å². The molecule has 1 unspecified atom stereocenters. The van der Waals surface area contributed by atoms with E-state index in [1.807, 2.05) is 23.7 Å². The lowest BCUT2D eigenvalue weighted by Gasteiger charge is -2.24. The minimum Gasteiger partial charge on any atom is -0.488 e. The van der Waals surface area contributed by atoms with Crippen LogP contribution >= 0.6 is 0 Å². The van der Waals surface area contributed by atoms with Crippen molar-refractivity contribution in [3.05, 3.63) is 77.1 Å².